The zero-order valence-corrected chi connectivity index (χ0v) is 13.0. The second-order valence-corrected chi connectivity index (χ2v) is 5.40. The third kappa shape index (κ3) is 2.69. The van der Waals surface area contributed by atoms with Crippen LogP contribution in [-0.4, -0.2) is 16.9 Å². The summed E-state index contributed by atoms with van der Waals surface area (Å²) in [6.45, 7) is 0.423. The van der Waals surface area contributed by atoms with E-state index in [2.05, 4.69) is 21.0 Å². The highest BCUT2D eigenvalue weighted by Gasteiger charge is 2.08. The fraction of sp³-hybridized carbons (Fsp3) is 0.125. The van der Waals surface area contributed by atoms with Crippen LogP contribution in [0.4, 0.5) is 0 Å². The fourth-order valence-corrected chi connectivity index (χ4v) is 2.74. The first-order chi connectivity index (χ1) is 10.2. The molecule has 3 aromatic rings. The van der Waals surface area contributed by atoms with Crippen LogP contribution in [0.2, 0.25) is 0 Å². The Morgan fingerprint density at radius 2 is 1.76 bits per heavy atom. The molecule has 0 spiro atoms. The van der Waals surface area contributed by atoms with Crippen molar-refractivity contribution < 1.29 is 4.74 Å². The third-order valence-electron chi connectivity index (χ3n) is 3.31. The monoisotopic (exact) mass is 344 g/mol. The van der Waals surface area contributed by atoms with E-state index < -0.39 is 0 Å². The van der Waals surface area contributed by atoms with Crippen LogP contribution in [-0.2, 0) is 6.54 Å². The van der Waals surface area contributed by atoms with Gasteiger partial charge in [0.05, 0.1) is 19.0 Å². The summed E-state index contributed by atoms with van der Waals surface area (Å²) in [7, 11) is 1.63. The molecule has 106 valence electrons. The Morgan fingerprint density at radius 3 is 2.43 bits per heavy atom. The number of fused-ring (bicyclic) bond motifs is 1. The van der Waals surface area contributed by atoms with Gasteiger partial charge in [0.25, 0.3) is 5.56 Å². The molecule has 0 aliphatic carbocycles. The molecule has 3 rings (SSSR count). The molecule has 1 heterocycles. The quantitative estimate of drug-likeness (QED) is 0.732. The highest BCUT2D eigenvalue weighted by molar-refractivity contribution is 9.10. The van der Waals surface area contributed by atoms with Crippen LogP contribution in [0.5, 0.6) is 5.75 Å². The normalized spacial score (nSPS) is 10.8. The molecule has 0 fully saturated rings. The molecule has 5 heteroatoms. The van der Waals surface area contributed by atoms with Crippen molar-refractivity contribution in [1.82, 2.24) is 9.78 Å². The minimum Gasteiger partial charge on any atom is -0.497 e. The molecule has 0 amide bonds. The van der Waals surface area contributed by atoms with E-state index in [-0.39, 0.29) is 5.56 Å². The summed E-state index contributed by atoms with van der Waals surface area (Å²) in [6.07, 6.45) is 0. The van der Waals surface area contributed by atoms with Crippen LogP contribution in [0.1, 0.15) is 5.56 Å². The number of hydrogen-bond acceptors (Lipinski definition) is 3. The van der Waals surface area contributed by atoms with Gasteiger partial charge >= 0.3 is 0 Å². The summed E-state index contributed by atoms with van der Waals surface area (Å²) >= 11 is 3.43. The van der Waals surface area contributed by atoms with E-state index in [1.54, 1.807) is 7.11 Å². The maximum atomic E-state index is 12.5. The second kappa shape index (κ2) is 5.69. The van der Waals surface area contributed by atoms with Gasteiger partial charge in [0.2, 0.25) is 0 Å². The van der Waals surface area contributed by atoms with Crippen LogP contribution in [0.25, 0.3) is 10.8 Å². The second-order valence-electron chi connectivity index (χ2n) is 4.65. The lowest BCUT2D eigenvalue weighted by Crippen LogP contribution is -2.23. The Balaban J connectivity index is 2.04. The molecule has 0 radical (unpaired) electrons. The zero-order valence-electron chi connectivity index (χ0n) is 11.4. The lowest BCUT2D eigenvalue weighted by molar-refractivity contribution is 0.414. The minimum atomic E-state index is -0.0929. The number of nitrogens with zero attached hydrogens (tertiary/aromatic N) is 2. The lowest BCUT2D eigenvalue weighted by Gasteiger charge is -2.08. The van der Waals surface area contributed by atoms with E-state index in [4.69, 9.17) is 4.74 Å². The third-order valence-corrected chi connectivity index (χ3v) is 3.90. The van der Waals surface area contributed by atoms with Crippen molar-refractivity contribution in [2.24, 2.45) is 0 Å². The van der Waals surface area contributed by atoms with E-state index in [0.29, 0.717) is 16.5 Å². The maximum Gasteiger partial charge on any atom is 0.275 e. The molecule has 0 N–H and O–H groups in total. The van der Waals surface area contributed by atoms with Gasteiger partial charge in [-0.2, -0.15) is 5.10 Å². The molecule has 2 aromatic carbocycles. The largest absolute Gasteiger partial charge is 0.497 e. The average molecular weight is 345 g/mol. The van der Waals surface area contributed by atoms with Crippen LogP contribution < -0.4 is 10.3 Å². The Kier molecular flexibility index (Phi) is 3.75. The van der Waals surface area contributed by atoms with E-state index in [1.807, 2.05) is 48.5 Å². The Morgan fingerprint density at radius 1 is 1.10 bits per heavy atom. The molecule has 1 aromatic heterocycles. The molecule has 0 aliphatic rings. The van der Waals surface area contributed by atoms with Crippen molar-refractivity contribution in [3.8, 4) is 5.75 Å². The number of ether oxygens (including phenoxy) is 1. The zero-order chi connectivity index (χ0) is 14.8. The molecule has 21 heavy (non-hydrogen) atoms. The first-order valence-electron chi connectivity index (χ1n) is 6.47. The van der Waals surface area contributed by atoms with E-state index >= 15 is 0 Å². The van der Waals surface area contributed by atoms with Gasteiger partial charge in [0, 0.05) is 5.39 Å². The van der Waals surface area contributed by atoms with Crippen molar-refractivity contribution in [2.45, 2.75) is 6.54 Å². The smallest absolute Gasteiger partial charge is 0.275 e. The van der Waals surface area contributed by atoms with Gasteiger partial charge < -0.3 is 4.74 Å². The van der Waals surface area contributed by atoms with Crippen molar-refractivity contribution >= 4 is 26.7 Å². The first-order valence-corrected chi connectivity index (χ1v) is 7.26. The molecule has 0 unspecified atom stereocenters. The fourth-order valence-electron chi connectivity index (χ4n) is 2.20. The number of aromatic nitrogens is 2. The summed E-state index contributed by atoms with van der Waals surface area (Å²) in [5, 5.41) is 5.82. The van der Waals surface area contributed by atoms with E-state index in [0.717, 1.165) is 16.7 Å². The minimum absolute atomic E-state index is 0.0929. The van der Waals surface area contributed by atoms with Crippen molar-refractivity contribution in [3.63, 3.8) is 0 Å². The molecule has 0 saturated carbocycles. The van der Waals surface area contributed by atoms with Gasteiger partial charge in [-0.25, -0.2) is 4.68 Å². The SMILES string of the molecule is COc1ccc(Cn2nc(Br)c3ccccc3c2=O)cc1. The van der Waals surface area contributed by atoms with Crippen LogP contribution in [0.15, 0.2) is 57.9 Å². The van der Waals surface area contributed by atoms with Crippen LogP contribution >= 0.6 is 15.9 Å². The molecule has 4 nitrogen and oxygen atoms in total. The summed E-state index contributed by atoms with van der Waals surface area (Å²) in [4.78, 5) is 12.5. The molecular weight excluding hydrogens is 332 g/mol. The van der Waals surface area contributed by atoms with E-state index in [1.165, 1.54) is 4.68 Å². The summed E-state index contributed by atoms with van der Waals surface area (Å²) in [6, 6.07) is 15.0. The maximum absolute atomic E-state index is 12.5. The summed E-state index contributed by atoms with van der Waals surface area (Å²) in [5.74, 6) is 0.791. The average Bonchev–Trinajstić information content (AvgIpc) is 2.53. The van der Waals surface area contributed by atoms with Crippen molar-refractivity contribution in [1.29, 1.82) is 0 Å². The van der Waals surface area contributed by atoms with Gasteiger partial charge in [-0.3, -0.25) is 4.79 Å². The van der Waals surface area contributed by atoms with Gasteiger partial charge in [-0.05, 0) is 39.7 Å². The highest BCUT2D eigenvalue weighted by atomic mass is 79.9. The number of halogens is 1. The number of benzene rings is 2. The van der Waals surface area contributed by atoms with Crippen LogP contribution in [0.3, 0.4) is 0 Å². The Bertz CT molecular complexity index is 841. The molecule has 0 saturated heterocycles. The van der Waals surface area contributed by atoms with Gasteiger partial charge in [-0.15, -0.1) is 0 Å². The molecule has 0 aliphatic heterocycles. The van der Waals surface area contributed by atoms with Gasteiger partial charge in [0.1, 0.15) is 10.4 Å². The van der Waals surface area contributed by atoms with Crippen molar-refractivity contribution in [2.75, 3.05) is 7.11 Å². The predicted octanol–water partition coefficient (Wildman–Crippen LogP) is 3.22. The Hall–Kier alpha value is -2.14. The molecule has 0 bridgehead atoms. The number of methoxy groups -OCH3 is 1. The first kappa shape index (κ1) is 13.8. The van der Waals surface area contributed by atoms with Gasteiger partial charge in [-0.1, -0.05) is 30.3 Å². The lowest BCUT2D eigenvalue weighted by atomic mass is 10.2. The molecular formula is C16H13BrN2O2. The summed E-state index contributed by atoms with van der Waals surface area (Å²) in [5.41, 5.74) is 0.900. The van der Waals surface area contributed by atoms with Crippen molar-refractivity contribution in [3.05, 3.63) is 69.1 Å². The summed E-state index contributed by atoms with van der Waals surface area (Å²) < 4.78 is 7.27. The number of rotatable bonds is 3. The predicted molar refractivity (Wildman–Crippen MR) is 85.8 cm³/mol. The standard InChI is InChI=1S/C16H13BrN2O2/c1-21-12-8-6-11(7-9-12)10-19-16(20)14-5-3-2-4-13(14)15(17)18-19/h2-9H,10H2,1H3. The number of hydrogen-bond donors (Lipinski definition) is 0. The Labute approximate surface area is 130 Å². The molecule has 0 atom stereocenters. The highest BCUT2D eigenvalue weighted by Crippen LogP contribution is 2.18. The van der Waals surface area contributed by atoms with Crippen LogP contribution in [0, 0.1) is 0 Å². The topological polar surface area (TPSA) is 44.1 Å². The van der Waals surface area contributed by atoms with Gasteiger partial charge in [0.15, 0.2) is 0 Å². The van der Waals surface area contributed by atoms with E-state index in [9.17, 15) is 4.79 Å².